The first kappa shape index (κ1) is 18.2. The first-order valence-electron chi connectivity index (χ1n) is 10.2. The minimum atomic E-state index is -3.76. The van der Waals surface area contributed by atoms with Crippen molar-refractivity contribution in [1.82, 2.24) is 3.97 Å². The molecule has 5 aromatic carbocycles. The molecule has 0 aliphatic rings. The van der Waals surface area contributed by atoms with E-state index in [2.05, 4.69) is 30.3 Å². The van der Waals surface area contributed by atoms with Crippen molar-refractivity contribution < 1.29 is 8.42 Å². The maximum atomic E-state index is 13.7. The van der Waals surface area contributed by atoms with E-state index in [1.165, 1.54) is 14.7 Å². The Balaban J connectivity index is 1.78. The number of rotatable bonds is 2. The van der Waals surface area contributed by atoms with Crippen molar-refractivity contribution in [3.8, 4) is 0 Å². The lowest BCUT2D eigenvalue weighted by atomic mass is 10.00. The summed E-state index contributed by atoms with van der Waals surface area (Å²) < 4.78 is 29.0. The van der Waals surface area contributed by atoms with Gasteiger partial charge in [-0.1, -0.05) is 72.3 Å². The van der Waals surface area contributed by atoms with Crippen molar-refractivity contribution in [2.75, 3.05) is 0 Å². The topological polar surface area (TPSA) is 39.1 Å². The molecule has 0 fully saturated rings. The molecular weight excluding hydrogens is 402 g/mol. The third kappa shape index (κ3) is 2.62. The molecule has 4 heteroatoms. The second kappa shape index (κ2) is 6.43. The van der Waals surface area contributed by atoms with Gasteiger partial charge in [-0.15, -0.1) is 0 Å². The number of aryl methyl sites for hydroxylation is 1. The number of aromatic nitrogens is 1. The smallest absolute Gasteiger partial charge is 0.233 e. The first-order chi connectivity index (χ1) is 15.0. The van der Waals surface area contributed by atoms with E-state index in [1.54, 1.807) is 12.1 Å². The van der Waals surface area contributed by atoms with E-state index in [4.69, 9.17) is 0 Å². The van der Waals surface area contributed by atoms with Crippen molar-refractivity contribution in [1.29, 1.82) is 0 Å². The molecule has 0 saturated heterocycles. The summed E-state index contributed by atoms with van der Waals surface area (Å²) in [6, 6.07) is 31.3. The molecule has 0 saturated carbocycles. The third-order valence-electron chi connectivity index (χ3n) is 6.05. The van der Waals surface area contributed by atoms with E-state index in [0.717, 1.165) is 27.1 Å². The Bertz CT molecular complexity index is 1740. The van der Waals surface area contributed by atoms with E-state index >= 15 is 0 Å². The van der Waals surface area contributed by atoms with Crippen LogP contribution in [0.25, 0.3) is 43.4 Å². The van der Waals surface area contributed by atoms with Crippen LogP contribution in [0.3, 0.4) is 0 Å². The van der Waals surface area contributed by atoms with Crippen LogP contribution in [0.5, 0.6) is 0 Å². The number of benzene rings is 5. The molecule has 150 valence electrons. The lowest BCUT2D eigenvalue weighted by molar-refractivity contribution is 0.590. The van der Waals surface area contributed by atoms with E-state index in [-0.39, 0.29) is 0 Å². The third-order valence-corrected chi connectivity index (χ3v) is 7.79. The molecule has 1 heterocycles. The predicted molar refractivity (Wildman–Crippen MR) is 128 cm³/mol. The van der Waals surface area contributed by atoms with Gasteiger partial charge in [0.1, 0.15) is 0 Å². The van der Waals surface area contributed by atoms with Gasteiger partial charge in [0.15, 0.2) is 0 Å². The number of para-hydroxylation sites is 1. The zero-order valence-electron chi connectivity index (χ0n) is 16.9. The number of hydrogen-bond acceptors (Lipinski definition) is 2. The van der Waals surface area contributed by atoms with Gasteiger partial charge in [-0.2, -0.15) is 0 Å². The molecule has 0 aliphatic carbocycles. The molecule has 1 aromatic heterocycles. The van der Waals surface area contributed by atoms with Crippen LogP contribution in [-0.2, 0) is 10.0 Å². The van der Waals surface area contributed by atoms with E-state index in [1.807, 2.05) is 61.5 Å². The second-order valence-electron chi connectivity index (χ2n) is 7.98. The predicted octanol–water partition coefficient (Wildman–Crippen LogP) is 6.65. The van der Waals surface area contributed by atoms with Crippen LogP contribution in [0.4, 0.5) is 0 Å². The molecule has 6 aromatic rings. The lowest BCUT2D eigenvalue weighted by Crippen LogP contribution is -2.12. The maximum absolute atomic E-state index is 13.7. The number of nitrogens with zero attached hydrogens (tertiary/aromatic N) is 1. The molecule has 31 heavy (non-hydrogen) atoms. The summed E-state index contributed by atoms with van der Waals surface area (Å²) in [7, 11) is -3.76. The van der Waals surface area contributed by atoms with Crippen LogP contribution in [0, 0.1) is 6.92 Å². The van der Waals surface area contributed by atoms with Crippen molar-refractivity contribution in [2.45, 2.75) is 11.8 Å². The molecular formula is C27H19NO2S. The summed E-state index contributed by atoms with van der Waals surface area (Å²) in [6.07, 6.45) is 0. The Labute approximate surface area is 180 Å². The fourth-order valence-electron chi connectivity index (χ4n) is 4.51. The molecule has 0 amide bonds. The Hall–Kier alpha value is -3.63. The second-order valence-corrected chi connectivity index (χ2v) is 9.76. The summed E-state index contributed by atoms with van der Waals surface area (Å²) >= 11 is 0. The van der Waals surface area contributed by atoms with Gasteiger partial charge in [0, 0.05) is 10.8 Å². The van der Waals surface area contributed by atoms with Crippen LogP contribution >= 0.6 is 0 Å². The van der Waals surface area contributed by atoms with E-state index < -0.39 is 10.0 Å². The molecule has 0 aliphatic heterocycles. The summed E-state index contributed by atoms with van der Waals surface area (Å²) in [5.41, 5.74) is 2.42. The Kier molecular flexibility index (Phi) is 3.77. The van der Waals surface area contributed by atoms with Gasteiger partial charge in [-0.25, -0.2) is 12.4 Å². The van der Waals surface area contributed by atoms with E-state index in [0.29, 0.717) is 15.9 Å². The summed E-state index contributed by atoms with van der Waals surface area (Å²) in [6.45, 7) is 1.95. The van der Waals surface area contributed by atoms with Crippen LogP contribution < -0.4 is 0 Å². The zero-order valence-corrected chi connectivity index (χ0v) is 17.7. The van der Waals surface area contributed by atoms with Crippen molar-refractivity contribution >= 4 is 53.4 Å². The fraction of sp³-hybridized carbons (Fsp3) is 0.0370. The summed E-state index contributed by atoms with van der Waals surface area (Å²) in [5, 5.41) is 6.36. The highest BCUT2D eigenvalue weighted by molar-refractivity contribution is 7.90. The van der Waals surface area contributed by atoms with Gasteiger partial charge < -0.3 is 0 Å². The Morgan fingerprint density at radius 3 is 2.06 bits per heavy atom. The Morgan fingerprint density at radius 1 is 0.581 bits per heavy atom. The lowest BCUT2D eigenvalue weighted by Gasteiger charge is -2.10. The van der Waals surface area contributed by atoms with Crippen LogP contribution in [0.1, 0.15) is 5.56 Å². The van der Waals surface area contributed by atoms with Gasteiger partial charge in [0.25, 0.3) is 10.0 Å². The number of hydrogen-bond donors (Lipinski definition) is 0. The van der Waals surface area contributed by atoms with Gasteiger partial charge in [-0.3, -0.25) is 0 Å². The molecule has 0 N–H and O–H groups in total. The molecule has 0 atom stereocenters. The normalized spacial score (nSPS) is 12.3. The molecule has 3 nitrogen and oxygen atoms in total. The molecule has 0 spiro atoms. The average Bonchev–Trinajstić information content (AvgIpc) is 3.12. The minimum Gasteiger partial charge on any atom is -0.233 e. The first-order valence-corrected chi connectivity index (χ1v) is 11.6. The summed E-state index contributed by atoms with van der Waals surface area (Å²) in [5.74, 6) is 0. The van der Waals surface area contributed by atoms with Gasteiger partial charge in [-0.05, 0) is 58.8 Å². The maximum Gasteiger partial charge on any atom is 0.268 e. The molecule has 0 radical (unpaired) electrons. The van der Waals surface area contributed by atoms with Crippen molar-refractivity contribution in [3.63, 3.8) is 0 Å². The van der Waals surface area contributed by atoms with Crippen molar-refractivity contribution in [3.05, 3.63) is 103 Å². The standard InChI is InChI=1S/C27H19NO2S/c1-18-10-14-21(15-11-18)31(29,30)28-26-9-5-4-8-23(26)25-17-24-20(16-27(25)28)13-12-19-6-2-3-7-22(19)24/h2-17H,1H3. The highest BCUT2D eigenvalue weighted by Crippen LogP contribution is 2.37. The van der Waals surface area contributed by atoms with Crippen LogP contribution in [0.2, 0.25) is 0 Å². The average molecular weight is 422 g/mol. The largest absolute Gasteiger partial charge is 0.268 e. The van der Waals surface area contributed by atoms with Gasteiger partial charge >= 0.3 is 0 Å². The molecule has 6 rings (SSSR count). The monoisotopic (exact) mass is 421 g/mol. The van der Waals surface area contributed by atoms with Gasteiger partial charge in [0.05, 0.1) is 15.9 Å². The Morgan fingerprint density at radius 2 is 1.26 bits per heavy atom. The minimum absolute atomic E-state index is 0.291. The fourth-order valence-corrected chi connectivity index (χ4v) is 6.03. The molecule has 0 bridgehead atoms. The highest BCUT2D eigenvalue weighted by atomic mass is 32.2. The van der Waals surface area contributed by atoms with Crippen molar-refractivity contribution in [2.24, 2.45) is 0 Å². The van der Waals surface area contributed by atoms with Gasteiger partial charge in [0.2, 0.25) is 0 Å². The zero-order chi connectivity index (χ0) is 21.2. The highest BCUT2D eigenvalue weighted by Gasteiger charge is 2.23. The molecule has 0 unspecified atom stereocenters. The number of fused-ring (bicyclic) bond motifs is 6. The van der Waals surface area contributed by atoms with Crippen LogP contribution in [0.15, 0.2) is 102 Å². The quantitative estimate of drug-likeness (QED) is 0.294. The summed E-state index contributed by atoms with van der Waals surface area (Å²) in [4.78, 5) is 0.291. The van der Waals surface area contributed by atoms with E-state index in [9.17, 15) is 8.42 Å². The SMILES string of the molecule is Cc1ccc(S(=O)(=O)n2c3ccccc3c3cc4c(ccc5ccccc54)cc32)cc1. The van der Waals surface area contributed by atoms with Crippen LogP contribution in [-0.4, -0.2) is 12.4 Å².